The van der Waals surface area contributed by atoms with E-state index in [1.807, 2.05) is 37.3 Å². The maximum Gasteiger partial charge on any atom is 0.0593 e. The van der Waals surface area contributed by atoms with E-state index in [1.165, 1.54) is 0 Å². The highest BCUT2D eigenvalue weighted by atomic mass is 79.9. The van der Waals surface area contributed by atoms with Gasteiger partial charge < -0.3 is 5.32 Å². The smallest absolute Gasteiger partial charge is 0.0593 e. The second-order valence-corrected chi connectivity index (χ2v) is 6.18. The van der Waals surface area contributed by atoms with Crippen molar-refractivity contribution in [1.82, 2.24) is 0 Å². The van der Waals surface area contributed by atoms with Gasteiger partial charge in [-0.25, -0.2) is 0 Å². The Balaban J connectivity index is 2.25. The number of hydrogen-bond acceptors (Lipinski definition) is 1. The van der Waals surface area contributed by atoms with E-state index >= 15 is 0 Å². The zero-order valence-electron chi connectivity index (χ0n) is 10.1. The summed E-state index contributed by atoms with van der Waals surface area (Å²) < 4.78 is 0.841. The first-order valence-electron chi connectivity index (χ1n) is 5.64. The summed E-state index contributed by atoms with van der Waals surface area (Å²) in [5, 5.41) is 5.31. The average molecular weight is 380 g/mol. The maximum atomic E-state index is 6.20. The third kappa shape index (κ3) is 3.57. The Kier molecular flexibility index (Phi) is 5.02. The molecule has 0 aliphatic heterocycles. The van der Waals surface area contributed by atoms with E-state index in [0.717, 1.165) is 15.7 Å². The van der Waals surface area contributed by atoms with Crippen molar-refractivity contribution in [3.8, 4) is 0 Å². The molecular formula is C14H11BrCl3N. The van der Waals surface area contributed by atoms with Gasteiger partial charge in [-0.2, -0.15) is 0 Å². The van der Waals surface area contributed by atoms with Gasteiger partial charge in [0, 0.05) is 10.0 Å². The third-order valence-electron chi connectivity index (χ3n) is 2.75. The van der Waals surface area contributed by atoms with E-state index in [2.05, 4.69) is 21.2 Å². The SMILES string of the molecule is CC(Nc1cccc(Cl)c1Br)c1ccc(Cl)cc1Cl. The van der Waals surface area contributed by atoms with Gasteiger partial charge in [0.05, 0.1) is 21.2 Å². The van der Waals surface area contributed by atoms with Crippen LogP contribution in [-0.4, -0.2) is 0 Å². The molecule has 0 saturated carbocycles. The molecule has 0 aromatic heterocycles. The van der Waals surface area contributed by atoms with Crippen LogP contribution in [0, 0.1) is 0 Å². The summed E-state index contributed by atoms with van der Waals surface area (Å²) >= 11 is 21.6. The summed E-state index contributed by atoms with van der Waals surface area (Å²) in [4.78, 5) is 0. The van der Waals surface area contributed by atoms with Gasteiger partial charge in [0.15, 0.2) is 0 Å². The van der Waals surface area contributed by atoms with E-state index in [0.29, 0.717) is 15.1 Å². The van der Waals surface area contributed by atoms with E-state index in [1.54, 1.807) is 6.07 Å². The van der Waals surface area contributed by atoms with Gasteiger partial charge >= 0.3 is 0 Å². The summed E-state index contributed by atoms with van der Waals surface area (Å²) in [5.41, 5.74) is 1.91. The number of hydrogen-bond donors (Lipinski definition) is 1. The molecule has 0 radical (unpaired) electrons. The zero-order chi connectivity index (χ0) is 14.0. The summed E-state index contributed by atoms with van der Waals surface area (Å²) in [6, 6.07) is 11.2. The highest BCUT2D eigenvalue weighted by molar-refractivity contribution is 9.10. The fourth-order valence-electron chi connectivity index (χ4n) is 1.78. The molecule has 2 aromatic carbocycles. The lowest BCUT2D eigenvalue weighted by molar-refractivity contribution is 0.884. The van der Waals surface area contributed by atoms with Crippen LogP contribution in [0.15, 0.2) is 40.9 Å². The first kappa shape index (κ1) is 15.0. The van der Waals surface area contributed by atoms with Gasteiger partial charge in [0.1, 0.15) is 0 Å². The monoisotopic (exact) mass is 377 g/mol. The molecule has 1 nitrogen and oxygen atoms in total. The number of halogens is 4. The molecule has 1 N–H and O–H groups in total. The molecular weight excluding hydrogens is 368 g/mol. The van der Waals surface area contributed by atoms with Crippen LogP contribution in [0.2, 0.25) is 15.1 Å². The highest BCUT2D eigenvalue weighted by Crippen LogP contribution is 2.34. The van der Waals surface area contributed by atoms with Crippen molar-refractivity contribution >= 4 is 56.4 Å². The molecule has 19 heavy (non-hydrogen) atoms. The largest absolute Gasteiger partial charge is 0.378 e. The van der Waals surface area contributed by atoms with E-state index in [9.17, 15) is 0 Å². The van der Waals surface area contributed by atoms with Gasteiger partial charge in [-0.05, 0) is 52.7 Å². The number of benzene rings is 2. The van der Waals surface area contributed by atoms with Crippen LogP contribution in [0.1, 0.15) is 18.5 Å². The van der Waals surface area contributed by atoms with Crippen molar-refractivity contribution in [2.45, 2.75) is 13.0 Å². The third-order valence-corrected chi connectivity index (χ3v) is 4.71. The van der Waals surface area contributed by atoms with Gasteiger partial charge in [0.25, 0.3) is 0 Å². The Bertz CT molecular complexity index is 601. The van der Waals surface area contributed by atoms with Crippen molar-refractivity contribution in [2.24, 2.45) is 0 Å². The van der Waals surface area contributed by atoms with Gasteiger partial charge in [-0.3, -0.25) is 0 Å². The quantitative estimate of drug-likeness (QED) is 0.635. The average Bonchev–Trinajstić information content (AvgIpc) is 2.34. The standard InChI is InChI=1S/C14H11BrCl3N/c1-8(10-6-5-9(16)7-12(10)18)19-13-4-2-3-11(17)14(13)15/h2-8,19H,1H3. The summed E-state index contributed by atoms with van der Waals surface area (Å²) in [6.07, 6.45) is 0. The molecule has 0 aliphatic carbocycles. The van der Waals surface area contributed by atoms with Gasteiger partial charge in [0.2, 0.25) is 0 Å². The predicted molar refractivity (Wildman–Crippen MR) is 87.7 cm³/mol. The molecule has 0 fully saturated rings. The van der Waals surface area contributed by atoms with Crippen LogP contribution in [0.4, 0.5) is 5.69 Å². The fourth-order valence-corrected chi connectivity index (χ4v) is 2.90. The summed E-state index contributed by atoms with van der Waals surface area (Å²) in [5.74, 6) is 0. The Labute approximate surface area is 136 Å². The van der Waals surface area contributed by atoms with Crippen LogP contribution < -0.4 is 5.32 Å². The van der Waals surface area contributed by atoms with Crippen LogP contribution in [0.3, 0.4) is 0 Å². The Morgan fingerprint density at radius 1 is 1.05 bits per heavy atom. The lowest BCUT2D eigenvalue weighted by Crippen LogP contribution is -2.07. The molecule has 2 rings (SSSR count). The molecule has 0 aliphatic rings. The molecule has 0 saturated heterocycles. The number of nitrogens with one attached hydrogen (secondary N) is 1. The van der Waals surface area contributed by atoms with Crippen molar-refractivity contribution in [2.75, 3.05) is 5.32 Å². The Morgan fingerprint density at radius 2 is 1.79 bits per heavy atom. The minimum absolute atomic E-state index is 0.0412. The van der Waals surface area contributed by atoms with E-state index in [4.69, 9.17) is 34.8 Å². The van der Waals surface area contributed by atoms with Gasteiger partial charge in [-0.1, -0.05) is 46.9 Å². The minimum atomic E-state index is 0.0412. The maximum absolute atomic E-state index is 6.20. The van der Waals surface area contributed by atoms with Crippen LogP contribution >= 0.6 is 50.7 Å². The topological polar surface area (TPSA) is 12.0 Å². The van der Waals surface area contributed by atoms with Crippen molar-refractivity contribution in [3.63, 3.8) is 0 Å². The van der Waals surface area contributed by atoms with Gasteiger partial charge in [-0.15, -0.1) is 0 Å². The molecule has 1 unspecified atom stereocenters. The normalized spacial score (nSPS) is 12.3. The molecule has 0 bridgehead atoms. The predicted octanol–water partition coefficient (Wildman–Crippen LogP) is 6.58. The second kappa shape index (κ2) is 6.36. The van der Waals surface area contributed by atoms with Crippen LogP contribution in [-0.2, 0) is 0 Å². The minimum Gasteiger partial charge on any atom is -0.378 e. The van der Waals surface area contributed by atoms with E-state index in [-0.39, 0.29) is 6.04 Å². The second-order valence-electron chi connectivity index (χ2n) is 4.13. The molecule has 0 amide bonds. The molecule has 1 atom stereocenters. The Morgan fingerprint density at radius 3 is 2.47 bits per heavy atom. The first-order chi connectivity index (χ1) is 8.99. The number of rotatable bonds is 3. The van der Waals surface area contributed by atoms with Crippen molar-refractivity contribution < 1.29 is 0 Å². The molecule has 0 spiro atoms. The summed E-state index contributed by atoms with van der Waals surface area (Å²) in [7, 11) is 0. The number of anilines is 1. The lowest BCUT2D eigenvalue weighted by Gasteiger charge is -2.18. The molecule has 0 heterocycles. The van der Waals surface area contributed by atoms with Crippen molar-refractivity contribution in [1.29, 1.82) is 0 Å². The highest BCUT2D eigenvalue weighted by Gasteiger charge is 2.12. The molecule has 100 valence electrons. The van der Waals surface area contributed by atoms with Crippen molar-refractivity contribution in [3.05, 3.63) is 61.5 Å². The summed E-state index contributed by atoms with van der Waals surface area (Å²) in [6.45, 7) is 2.03. The Hall–Kier alpha value is -0.410. The zero-order valence-corrected chi connectivity index (χ0v) is 13.9. The molecule has 2 aromatic rings. The first-order valence-corrected chi connectivity index (χ1v) is 7.57. The lowest BCUT2D eigenvalue weighted by atomic mass is 10.1. The van der Waals surface area contributed by atoms with Crippen LogP contribution in [0.25, 0.3) is 0 Å². The van der Waals surface area contributed by atoms with Crippen LogP contribution in [0.5, 0.6) is 0 Å². The molecule has 5 heteroatoms. The van der Waals surface area contributed by atoms with E-state index < -0.39 is 0 Å². The fraction of sp³-hybridized carbons (Fsp3) is 0.143.